The van der Waals surface area contributed by atoms with Crippen LogP contribution in [0.3, 0.4) is 0 Å². The maximum atomic E-state index is 15.0. The zero-order chi connectivity index (χ0) is 24.9. The first kappa shape index (κ1) is 27.1. The predicted octanol–water partition coefficient (Wildman–Crippen LogP) is 5.77. The molecule has 4 heterocycles. The van der Waals surface area contributed by atoms with E-state index in [4.69, 9.17) is 21.3 Å². The lowest BCUT2D eigenvalue weighted by molar-refractivity contribution is 0.108. The summed E-state index contributed by atoms with van der Waals surface area (Å²) in [6.45, 7) is 16.3. The molecule has 3 aliphatic heterocycles. The van der Waals surface area contributed by atoms with E-state index in [1.807, 2.05) is 13.8 Å². The third-order valence-electron chi connectivity index (χ3n) is 6.86. The van der Waals surface area contributed by atoms with Crippen molar-refractivity contribution in [2.24, 2.45) is 0 Å². The number of piperazine rings is 1. The third kappa shape index (κ3) is 5.35. The van der Waals surface area contributed by atoms with Crippen molar-refractivity contribution in [2.45, 2.75) is 45.1 Å². The van der Waals surface area contributed by atoms with Gasteiger partial charge in [-0.1, -0.05) is 25.4 Å². The molecule has 9 heteroatoms. The fourth-order valence-electron chi connectivity index (χ4n) is 5.14. The third-order valence-corrected chi connectivity index (χ3v) is 7.76. The zero-order valence-electron chi connectivity index (χ0n) is 20.5. The molecule has 3 saturated heterocycles. The molecular weight excluding hydrogens is 521 g/mol. The Morgan fingerprint density at radius 3 is 2.32 bits per heavy atom. The molecule has 0 spiro atoms. The smallest absolute Gasteiger partial charge is 0.319 e. The normalized spacial score (nSPS) is 19.8. The monoisotopic (exact) mass is 555 g/mol. The molecule has 0 saturated carbocycles. The fraction of sp³-hybridized carbons (Fsp3) is 0.600. The number of halogens is 3. The van der Waals surface area contributed by atoms with E-state index in [1.54, 1.807) is 6.07 Å². The van der Waals surface area contributed by atoms with E-state index in [2.05, 4.69) is 55.8 Å². The minimum Gasteiger partial charge on any atom is -0.461 e. The van der Waals surface area contributed by atoms with Crippen LogP contribution in [0.4, 0.5) is 10.2 Å². The van der Waals surface area contributed by atoms with Crippen molar-refractivity contribution < 1.29 is 9.13 Å². The van der Waals surface area contributed by atoms with Gasteiger partial charge in [-0.25, -0.2) is 4.39 Å². The molecule has 0 amide bonds. The first-order valence-corrected chi connectivity index (χ1v) is 13.3. The van der Waals surface area contributed by atoms with E-state index in [0.717, 1.165) is 52.1 Å². The van der Waals surface area contributed by atoms with Crippen molar-refractivity contribution in [2.75, 3.05) is 57.8 Å². The lowest BCUT2D eigenvalue weighted by Crippen LogP contribution is -2.45. The summed E-state index contributed by atoms with van der Waals surface area (Å²) in [4.78, 5) is 16.2. The Morgan fingerprint density at radius 1 is 1.09 bits per heavy atom. The molecule has 0 radical (unpaired) electrons. The van der Waals surface area contributed by atoms with Crippen molar-refractivity contribution in [3.63, 3.8) is 0 Å². The number of rotatable bonds is 4. The quantitative estimate of drug-likeness (QED) is 0.352. The molecule has 2 aromatic rings. The largest absolute Gasteiger partial charge is 0.461 e. The second-order valence-corrected chi connectivity index (χ2v) is 9.97. The number of fused-ring (bicyclic) bond motifs is 2. The summed E-state index contributed by atoms with van der Waals surface area (Å²) in [5.41, 5.74) is 0.292. The van der Waals surface area contributed by atoms with Crippen LogP contribution in [0.25, 0.3) is 10.9 Å². The molecule has 0 N–H and O–H groups in total. The topological polar surface area (TPSA) is 44.7 Å². The zero-order valence-corrected chi connectivity index (χ0v) is 22.9. The molecule has 34 heavy (non-hydrogen) atoms. The standard InChI is InChI=1S/C21H26BrClFN5O.C2H6.C2H4/c1-27-8-10-28(11-9-27)19-16-14(22)12-15(23)17(24)18(16)25-20(26-19)30-13-21-4-2-6-29(21)7-3-5-21;2*1-2/h12H,2-11,13H2,1H3;1-2H3;1-2H2. The predicted molar refractivity (Wildman–Crippen MR) is 143 cm³/mol. The Hall–Kier alpha value is -1.48. The molecule has 5 rings (SSSR count). The Bertz CT molecular complexity index is 976. The molecule has 3 aliphatic rings. The van der Waals surface area contributed by atoms with Crippen LogP contribution < -0.4 is 9.64 Å². The van der Waals surface area contributed by atoms with Crippen molar-refractivity contribution in [1.29, 1.82) is 0 Å². The summed E-state index contributed by atoms with van der Waals surface area (Å²) in [6, 6.07) is 1.81. The van der Waals surface area contributed by atoms with Crippen LogP contribution in [0.2, 0.25) is 5.02 Å². The molecule has 0 unspecified atom stereocenters. The Morgan fingerprint density at radius 2 is 1.71 bits per heavy atom. The Kier molecular flexibility index (Phi) is 9.55. The van der Waals surface area contributed by atoms with Gasteiger partial charge in [0.05, 0.1) is 15.9 Å². The number of likely N-dealkylation sites (N-methyl/N-ethyl adjacent to an activating group) is 1. The highest BCUT2D eigenvalue weighted by Gasteiger charge is 2.45. The lowest BCUT2D eigenvalue weighted by atomic mass is 9.95. The highest BCUT2D eigenvalue weighted by Crippen LogP contribution is 2.40. The first-order chi connectivity index (χ1) is 16.5. The lowest BCUT2D eigenvalue weighted by Gasteiger charge is -2.34. The highest BCUT2D eigenvalue weighted by atomic mass is 79.9. The summed E-state index contributed by atoms with van der Waals surface area (Å²) in [5, 5.41) is 0.690. The summed E-state index contributed by atoms with van der Waals surface area (Å²) < 4.78 is 21.8. The van der Waals surface area contributed by atoms with Crippen LogP contribution >= 0.6 is 27.5 Å². The van der Waals surface area contributed by atoms with Crippen LogP contribution in [0.1, 0.15) is 39.5 Å². The van der Waals surface area contributed by atoms with Gasteiger partial charge in [-0.15, -0.1) is 13.2 Å². The molecular formula is C25H36BrClFN5O. The average molecular weight is 557 g/mol. The van der Waals surface area contributed by atoms with E-state index in [0.29, 0.717) is 22.3 Å². The highest BCUT2D eigenvalue weighted by molar-refractivity contribution is 9.10. The van der Waals surface area contributed by atoms with Gasteiger partial charge in [-0.2, -0.15) is 9.97 Å². The van der Waals surface area contributed by atoms with Crippen LogP contribution in [0, 0.1) is 5.82 Å². The molecule has 0 atom stereocenters. The van der Waals surface area contributed by atoms with E-state index in [-0.39, 0.29) is 22.1 Å². The van der Waals surface area contributed by atoms with Gasteiger partial charge in [0.1, 0.15) is 17.9 Å². The van der Waals surface area contributed by atoms with Gasteiger partial charge in [0.2, 0.25) is 0 Å². The van der Waals surface area contributed by atoms with Crippen molar-refractivity contribution in [1.82, 2.24) is 19.8 Å². The fourth-order valence-corrected chi connectivity index (χ4v) is 6.06. The number of aromatic nitrogens is 2. The van der Waals surface area contributed by atoms with Crippen LogP contribution in [-0.4, -0.2) is 78.2 Å². The van der Waals surface area contributed by atoms with Crippen LogP contribution in [-0.2, 0) is 0 Å². The maximum Gasteiger partial charge on any atom is 0.319 e. The molecule has 0 aliphatic carbocycles. The number of nitrogens with zero attached hydrogens (tertiary/aromatic N) is 5. The van der Waals surface area contributed by atoms with E-state index >= 15 is 0 Å². The van der Waals surface area contributed by atoms with E-state index in [1.165, 1.54) is 12.8 Å². The number of ether oxygens (including phenoxy) is 1. The minimum atomic E-state index is -0.529. The average Bonchev–Trinajstić information content (AvgIpc) is 3.44. The maximum absolute atomic E-state index is 15.0. The van der Waals surface area contributed by atoms with Gasteiger partial charge in [0.15, 0.2) is 5.82 Å². The number of benzene rings is 1. The van der Waals surface area contributed by atoms with Crippen LogP contribution in [0.15, 0.2) is 23.7 Å². The van der Waals surface area contributed by atoms with Gasteiger partial charge in [-0.05, 0) is 67.8 Å². The molecule has 1 aromatic heterocycles. The number of hydrogen-bond donors (Lipinski definition) is 0. The summed E-state index contributed by atoms with van der Waals surface area (Å²) in [6.07, 6.45) is 4.67. The van der Waals surface area contributed by atoms with Crippen molar-refractivity contribution in [3.05, 3.63) is 34.5 Å². The van der Waals surface area contributed by atoms with Gasteiger partial charge in [0, 0.05) is 30.7 Å². The summed E-state index contributed by atoms with van der Waals surface area (Å²) in [5.74, 6) is 0.178. The van der Waals surface area contributed by atoms with Crippen molar-refractivity contribution >= 4 is 44.3 Å². The van der Waals surface area contributed by atoms with Gasteiger partial charge in [0.25, 0.3) is 0 Å². The molecule has 0 bridgehead atoms. The molecule has 188 valence electrons. The van der Waals surface area contributed by atoms with E-state index < -0.39 is 5.82 Å². The molecule has 3 fully saturated rings. The Labute approximate surface area is 216 Å². The molecule has 6 nitrogen and oxygen atoms in total. The van der Waals surface area contributed by atoms with Gasteiger partial charge in [-0.3, -0.25) is 4.90 Å². The second-order valence-electron chi connectivity index (χ2n) is 8.71. The summed E-state index contributed by atoms with van der Waals surface area (Å²) >= 11 is 9.67. The number of anilines is 1. The van der Waals surface area contributed by atoms with Crippen LogP contribution in [0.5, 0.6) is 6.01 Å². The summed E-state index contributed by atoms with van der Waals surface area (Å²) in [7, 11) is 2.10. The first-order valence-electron chi connectivity index (χ1n) is 12.1. The number of hydrogen-bond acceptors (Lipinski definition) is 6. The molecule has 1 aromatic carbocycles. The Balaban J connectivity index is 0.000000771. The second kappa shape index (κ2) is 12.0. The van der Waals surface area contributed by atoms with Gasteiger partial charge >= 0.3 is 6.01 Å². The van der Waals surface area contributed by atoms with Gasteiger partial charge < -0.3 is 14.5 Å². The van der Waals surface area contributed by atoms with Crippen molar-refractivity contribution in [3.8, 4) is 6.01 Å². The van der Waals surface area contributed by atoms with E-state index in [9.17, 15) is 4.39 Å². The SMILES string of the molecule is C=C.CC.CN1CCN(c2nc(OCC34CCCN3CCC4)nc3c(F)c(Cl)cc(Br)c23)CC1. The minimum absolute atomic E-state index is 0.0414.